The third-order valence-electron chi connectivity index (χ3n) is 9.85. The minimum atomic E-state index is 1.10. The lowest BCUT2D eigenvalue weighted by molar-refractivity contribution is 1.28. The predicted molar refractivity (Wildman–Crippen MR) is 218 cm³/mol. The van der Waals surface area contributed by atoms with Gasteiger partial charge in [-0.3, -0.25) is 0 Å². The van der Waals surface area contributed by atoms with Gasteiger partial charge in [0.2, 0.25) is 0 Å². The van der Waals surface area contributed by atoms with E-state index >= 15 is 0 Å². The summed E-state index contributed by atoms with van der Waals surface area (Å²) < 4.78 is 0. The van der Waals surface area contributed by atoms with Crippen LogP contribution in [0.1, 0.15) is 0 Å². The molecule has 0 radical (unpaired) electrons. The van der Waals surface area contributed by atoms with Crippen molar-refractivity contribution in [1.29, 1.82) is 0 Å². The molecule has 9 aromatic carbocycles. The van der Waals surface area contributed by atoms with E-state index in [1.165, 1.54) is 66.1 Å². The van der Waals surface area contributed by atoms with E-state index in [4.69, 9.17) is 0 Å². The van der Waals surface area contributed by atoms with E-state index in [0.29, 0.717) is 0 Å². The number of fused-ring (bicyclic) bond motifs is 2. The first kappa shape index (κ1) is 30.4. The lowest BCUT2D eigenvalue weighted by Crippen LogP contribution is -2.11. The van der Waals surface area contributed by atoms with Crippen molar-refractivity contribution < 1.29 is 0 Å². The van der Waals surface area contributed by atoms with Gasteiger partial charge in [0.15, 0.2) is 0 Å². The Hall–Kier alpha value is -6.70. The Morgan fingerprint density at radius 2 is 0.627 bits per heavy atom. The molecule has 0 bridgehead atoms. The fraction of sp³-hybridized carbons (Fsp3) is 0. The van der Waals surface area contributed by atoms with Crippen LogP contribution < -0.4 is 4.90 Å². The van der Waals surface area contributed by atoms with Gasteiger partial charge in [-0.15, -0.1) is 0 Å². The SMILES string of the molecule is c1ccc(-c2ccc(-c3ccc(N(c4ccccc4)c4cc(-c5ccc6ccccc6c5)ccc4-c4ccc5ccccc5c4)cc3)cc2)cc1. The zero-order valence-electron chi connectivity index (χ0n) is 28.2. The number of nitrogens with zero attached hydrogens (tertiary/aromatic N) is 1. The van der Waals surface area contributed by atoms with Gasteiger partial charge in [0.25, 0.3) is 0 Å². The minimum Gasteiger partial charge on any atom is -0.310 e. The van der Waals surface area contributed by atoms with E-state index in [1.807, 2.05) is 0 Å². The van der Waals surface area contributed by atoms with Gasteiger partial charge in [-0.05, 0) is 103 Å². The minimum absolute atomic E-state index is 1.10. The summed E-state index contributed by atoms with van der Waals surface area (Å²) in [6, 6.07) is 76.7. The Bertz CT molecular complexity index is 2600. The smallest absolute Gasteiger partial charge is 0.0546 e. The fourth-order valence-electron chi connectivity index (χ4n) is 7.16. The molecule has 240 valence electrons. The van der Waals surface area contributed by atoms with Gasteiger partial charge in [-0.25, -0.2) is 0 Å². The van der Waals surface area contributed by atoms with E-state index in [9.17, 15) is 0 Å². The summed E-state index contributed by atoms with van der Waals surface area (Å²) >= 11 is 0. The van der Waals surface area contributed by atoms with Crippen molar-refractivity contribution in [3.05, 3.63) is 212 Å². The first-order chi connectivity index (χ1) is 25.3. The molecular weight excluding hydrogens is 615 g/mol. The molecule has 0 spiro atoms. The molecule has 0 fully saturated rings. The number of hydrogen-bond donors (Lipinski definition) is 0. The van der Waals surface area contributed by atoms with Crippen LogP contribution in [0.5, 0.6) is 0 Å². The number of rotatable bonds is 7. The summed E-state index contributed by atoms with van der Waals surface area (Å²) in [5.41, 5.74) is 12.9. The van der Waals surface area contributed by atoms with Gasteiger partial charge in [-0.1, -0.05) is 170 Å². The highest BCUT2D eigenvalue weighted by Crippen LogP contribution is 2.44. The van der Waals surface area contributed by atoms with Crippen LogP contribution >= 0.6 is 0 Å². The number of para-hydroxylation sites is 1. The van der Waals surface area contributed by atoms with Crippen LogP contribution in [-0.4, -0.2) is 0 Å². The maximum Gasteiger partial charge on any atom is 0.0546 e. The van der Waals surface area contributed by atoms with Crippen LogP contribution in [-0.2, 0) is 0 Å². The van der Waals surface area contributed by atoms with E-state index in [-0.39, 0.29) is 0 Å². The Balaban J connectivity index is 1.18. The molecule has 0 amide bonds. The van der Waals surface area contributed by atoms with Gasteiger partial charge in [-0.2, -0.15) is 0 Å². The first-order valence-electron chi connectivity index (χ1n) is 17.5. The van der Waals surface area contributed by atoms with Crippen molar-refractivity contribution in [3.8, 4) is 44.5 Å². The standard InChI is InChI=1S/C50H35N/c1-3-11-36(12-4-1)39-19-21-40(22-20-39)41-27-30-48(31-28-41)51(47-17-5-2-6-18-47)50-35-45(44-25-23-37-13-7-9-15-42(37)33-44)29-32-49(50)46-26-24-38-14-8-10-16-43(38)34-46/h1-35H. The molecule has 0 aromatic heterocycles. The van der Waals surface area contributed by atoms with Crippen molar-refractivity contribution in [2.24, 2.45) is 0 Å². The Morgan fingerprint density at radius 3 is 1.24 bits per heavy atom. The third-order valence-corrected chi connectivity index (χ3v) is 9.85. The summed E-state index contributed by atoms with van der Waals surface area (Å²) in [4.78, 5) is 2.40. The average molecular weight is 650 g/mol. The number of benzene rings is 9. The molecule has 1 nitrogen and oxygen atoms in total. The molecule has 0 aliphatic carbocycles. The van der Waals surface area contributed by atoms with Crippen molar-refractivity contribution in [2.75, 3.05) is 4.90 Å². The van der Waals surface area contributed by atoms with E-state index < -0.39 is 0 Å². The van der Waals surface area contributed by atoms with Crippen LogP contribution in [0.2, 0.25) is 0 Å². The molecule has 0 N–H and O–H groups in total. The number of hydrogen-bond acceptors (Lipinski definition) is 1. The third kappa shape index (κ3) is 6.07. The summed E-state index contributed by atoms with van der Waals surface area (Å²) in [5.74, 6) is 0. The van der Waals surface area contributed by atoms with Gasteiger partial charge >= 0.3 is 0 Å². The topological polar surface area (TPSA) is 3.24 Å². The quantitative estimate of drug-likeness (QED) is 0.166. The summed E-state index contributed by atoms with van der Waals surface area (Å²) in [5, 5.41) is 4.95. The molecule has 9 aromatic rings. The second-order valence-corrected chi connectivity index (χ2v) is 13.0. The monoisotopic (exact) mass is 649 g/mol. The Labute approximate surface area is 299 Å². The zero-order valence-corrected chi connectivity index (χ0v) is 28.2. The molecule has 0 unspecified atom stereocenters. The van der Waals surface area contributed by atoms with Crippen molar-refractivity contribution >= 4 is 38.6 Å². The first-order valence-corrected chi connectivity index (χ1v) is 17.5. The molecule has 0 saturated heterocycles. The van der Waals surface area contributed by atoms with Crippen LogP contribution in [0.15, 0.2) is 212 Å². The molecule has 0 saturated carbocycles. The van der Waals surface area contributed by atoms with Crippen molar-refractivity contribution in [2.45, 2.75) is 0 Å². The molecule has 0 heterocycles. The van der Waals surface area contributed by atoms with E-state index in [1.54, 1.807) is 0 Å². The van der Waals surface area contributed by atoms with E-state index in [2.05, 4.69) is 217 Å². The van der Waals surface area contributed by atoms with Crippen molar-refractivity contribution in [3.63, 3.8) is 0 Å². The molecule has 0 atom stereocenters. The molecular formula is C50H35N. The van der Waals surface area contributed by atoms with Crippen LogP contribution in [0.4, 0.5) is 17.1 Å². The second-order valence-electron chi connectivity index (χ2n) is 13.0. The second kappa shape index (κ2) is 13.3. The van der Waals surface area contributed by atoms with Gasteiger partial charge in [0, 0.05) is 16.9 Å². The lowest BCUT2D eigenvalue weighted by Gasteiger charge is -2.29. The highest BCUT2D eigenvalue weighted by atomic mass is 15.1. The molecule has 0 aliphatic heterocycles. The fourth-order valence-corrected chi connectivity index (χ4v) is 7.16. The normalized spacial score (nSPS) is 11.1. The van der Waals surface area contributed by atoms with Gasteiger partial charge < -0.3 is 4.90 Å². The largest absolute Gasteiger partial charge is 0.310 e. The van der Waals surface area contributed by atoms with Crippen molar-refractivity contribution in [1.82, 2.24) is 0 Å². The maximum atomic E-state index is 2.40. The summed E-state index contributed by atoms with van der Waals surface area (Å²) in [7, 11) is 0. The predicted octanol–water partition coefficient (Wildman–Crippen LogP) is 14.1. The van der Waals surface area contributed by atoms with Crippen LogP contribution in [0, 0.1) is 0 Å². The maximum absolute atomic E-state index is 2.40. The zero-order chi connectivity index (χ0) is 34.0. The van der Waals surface area contributed by atoms with E-state index in [0.717, 1.165) is 17.1 Å². The van der Waals surface area contributed by atoms with Gasteiger partial charge in [0.1, 0.15) is 0 Å². The van der Waals surface area contributed by atoms with Gasteiger partial charge in [0.05, 0.1) is 5.69 Å². The summed E-state index contributed by atoms with van der Waals surface area (Å²) in [6.07, 6.45) is 0. The lowest BCUT2D eigenvalue weighted by atomic mass is 9.94. The molecule has 1 heteroatoms. The number of anilines is 3. The van der Waals surface area contributed by atoms with Crippen LogP contribution in [0.3, 0.4) is 0 Å². The highest BCUT2D eigenvalue weighted by molar-refractivity contribution is 5.96. The molecule has 0 aliphatic rings. The van der Waals surface area contributed by atoms with Crippen LogP contribution in [0.25, 0.3) is 66.1 Å². The average Bonchev–Trinajstić information content (AvgIpc) is 3.21. The Kier molecular flexibility index (Phi) is 7.92. The highest BCUT2D eigenvalue weighted by Gasteiger charge is 2.19. The molecule has 51 heavy (non-hydrogen) atoms. The summed E-state index contributed by atoms with van der Waals surface area (Å²) in [6.45, 7) is 0. The molecule has 9 rings (SSSR count). The Morgan fingerprint density at radius 1 is 0.235 bits per heavy atom.